The van der Waals surface area contributed by atoms with E-state index in [1.807, 2.05) is 0 Å². The van der Waals surface area contributed by atoms with Crippen LogP contribution < -0.4 is 10.7 Å². The molecule has 3 rings (SSSR count). The average Bonchev–Trinajstić information content (AvgIpc) is 2.72. The van der Waals surface area contributed by atoms with Gasteiger partial charge in [0.2, 0.25) is 5.43 Å². The Bertz CT molecular complexity index is 970. The van der Waals surface area contributed by atoms with Crippen LogP contribution in [0.1, 0.15) is 35.9 Å². The minimum absolute atomic E-state index is 0. The molecule has 0 saturated carbocycles. The van der Waals surface area contributed by atoms with Crippen molar-refractivity contribution < 1.29 is 9.72 Å². The predicted octanol–water partition coefficient (Wildman–Crippen LogP) is 2.33. The normalized spacial score (nSPS) is 14.3. The summed E-state index contributed by atoms with van der Waals surface area (Å²) in [5.74, 6) is 0.0813. The summed E-state index contributed by atoms with van der Waals surface area (Å²) in [5.41, 5.74) is -0.191. The highest BCUT2D eigenvalue weighted by Gasteiger charge is 2.27. The Kier molecular flexibility index (Phi) is 8.08. The van der Waals surface area contributed by atoms with E-state index in [0.717, 1.165) is 25.9 Å². The molecule has 0 aliphatic carbocycles. The van der Waals surface area contributed by atoms with Gasteiger partial charge < -0.3 is 10.2 Å². The molecule has 2 heterocycles. The molecule has 1 N–H and O–H groups in total. The summed E-state index contributed by atoms with van der Waals surface area (Å²) < 4.78 is 1.30. The van der Waals surface area contributed by atoms with E-state index in [1.165, 1.54) is 16.8 Å². The fourth-order valence-corrected chi connectivity index (χ4v) is 3.58. The largest absolute Gasteiger partial charge is 0.337 e. The summed E-state index contributed by atoms with van der Waals surface area (Å²) in [7, 11) is 0. The Morgan fingerprint density at radius 3 is 2.60 bits per heavy atom. The van der Waals surface area contributed by atoms with Crippen LogP contribution >= 0.6 is 12.4 Å². The number of hydrogen-bond acceptors (Lipinski definition) is 6. The van der Waals surface area contributed by atoms with Gasteiger partial charge >= 0.3 is 0 Å². The molecule has 9 nitrogen and oxygen atoms in total. The number of para-hydroxylation sites is 2. The molecule has 1 aromatic heterocycles. The molecular formula is C20H26ClN5O4. The third kappa shape index (κ3) is 5.03. The maximum Gasteiger partial charge on any atom is 0.294 e. The average molecular weight is 436 g/mol. The summed E-state index contributed by atoms with van der Waals surface area (Å²) in [6.07, 6.45) is 1.73. The third-order valence-corrected chi connectivity index (χ3v) is 5.20. The van der Waals surface area contributed by atoms with Gasteiger partial charge in [-0.05, 0) is 44.8 Å². The molecule has 1 saturated heterocycles. The Balaban J connectivity index is 0.00000320. The van der Waals surface area contributed by atoms with E-state index >= 15 is 0 Å². The summed E-state index contributed by atoms with van der Waals surface area (Å²) >= 11 is 0. The lowest BCUT2D eigenvalue weighted by atomic mass is 9.96. The summed E-state index contributed by atoms with van der Waals surface area (Å²) in [5, 5.41) is 18.9. The van der Waals surface area contributed by atoms with Gasteiger partial charge in [-0.25, -0.2) is 4.68 Å². The number of halogens is 1. The van der Waals surface area contributed by atoms with Crippen molar-refractivity contribution in [1.29, 1.82) is 0 Å². The van der Waals surface area contributed by atoms with Gasteiger partial charge in [-0.2, -0.15) is 5.10 Å². The zero-order chi connectivity index (χ0) is 21.0. The van der Waals surface area contributed by atoms with Gasteiger partial charge in [0.25, 0.3) is 11.6 Å². The van der Waals surface area contributed by atoms with Gasteiger partial charge in [-0.3, -0.25) is 19.7 Å². The number of amides is 1. The minimum Gasteiger partial charge on any atom is -0.337 e. The predicted molar refractivity (Wildman–Crippen MR) is 116 cm³/mol. The standard InChI is InChI=1S/C20H25N5O4.ClH/c1-3-21-13-15-8-10-23(11-9-15)20(27)19-18(26)12-14(2)24(22-19)16-6-4-5-7-17(16)25(28)29;/h4-7,12,15,21H,3,8-11,13H2,1-2H3;1H. The van der Waals surface area contributed by atoms with Crippen LogP contribution in [0.15, 0.2) is 35.1 Å². The zero-order valence-electron chi connectivity index (χ0n) is 17.0. The number of piperidine rings is 1. The van der Waals surface area contributed by atoms with Crippen molar-refractivity contribution >= 4 is 24.0 Å². The Labute approximate surface area is 180 Å². The van der Waals surface area contributed by atoms with Crippen molar-refractivity contribution in [3.63, 3.8) is 0 Å². The first-order valence-corrected chi connectivity index (χ1v) is 9.77. The molecule has 0 spiro atoms. The second kappa shape index (κ2) is 10.3. The smallest absolute Gasteiger partial charge is 0.294 e. The Hall–Kier alpha value is -2.78. The maximum absolute atomic E-state index is 13.0. The summed E-state index contributed by atoms with van der Waals surface area (Å²) in [6, 6.07) is 7.42. The van der Waals surface area contributed by atoms with E-state index in [1.54, 1.807) is 30.0 Å². The molecule has 30 heavy (non-hydrogen) atoms. The lowest BCUT2D eigenvalue weighted by Gasteiger charge is -2.31. The van der Waals surface area contributed by atoms with E-state index in [4.69, 9.17) is 0 Å². The zero-order valence-corrected chi connectivity index (χ0v) is 17.9. The van der Waals surface area contributed by atoms with Crippen LogP contribution in [0, 0.1) is 23.0 Å². The van der Waals surface area contributed by atoms with Gasteiger partial charge in [-0.15, -0.1) is 12.4 Å². The fraction of sp³-hybridized carbons (Fsp3) is 0.450. The lowest BCUT2D eigenvalue weighted by molar-refractivity contribution is -0.384. The molecule has 162 valence electrons. The SMILES string of the molecule is CCNCC1CCN(C(=O)c2nn(-c3ccccc3[N+](=O)[O-])c(C)cc2=O)CC1.Cl. The van der Waals surface area contributed by atoms with E-state index in [0.29, 0.717) is 24.7 Å². The molecule has 1 aromatic carbocycles. The number of aromatic nitrogens is 2. The highest BCUT2D eigenvalue weighted by molar-refractivity contribution is 5.92. The van der Waals surface area contributed by atoms with E-state index in [9.17, 15) is 19.7 Å². The molecule has 0 bridgehead atoms. The van der Waals surface area contributed by atoms with Crippen molar-refractivity contribution in [2.24, 2.45) is 5.92 Å². The number of carbonyl (C=O) groups excluding carboxylic acids is 1. The first kappa shape index (κ1) is 23.5. The first-order valence-electron chi connectivity index (χ1n) is 9.77. The van der Waals surface area contributed by atoms with Crippen molar-refractivity contribution in [3.8, 4) is 5.69 Å². The maximum atomic E-state index is 13.0. The molecule has 1 aliphatic rings. The molecule has 1 fully saturated rings. The second-order valence-electron chi connectivity index (χ2n) is 7.20. The van der Waals surface area contributed by atoms with Crippen LogP contribution in [0.25, 0.3) is 5.69 Å². The quantitative estimate of drug-likeness (QED) is 0.550. The lowest BCUT2D eigenvalue weighted by Crippen LogP contribution is -2.43. The van der Waals surface area contributed by atoms with Gasteiger partial charge in [0.05, 0.1) is 4.92 Å². The summed E-state index contributed by atoms with van der Waals surface area (Å²) in [6.45, 7) is 6.66. The Morgan fingerprint density at radius 2 is 1.97 bits per heavy atom. The number of nitro benzene ring substituents is 1. The van der Waals surface area contributed by atoms with Crippen molar-refractivity contribution in [2.45, 2.75) is 26.7 Å². The molecule has 2 aromatic rings. The number of likely N-dealkylation sites (tertiary alicyclic amines) is 1. The minimum atomic E-state index is -0.509. The fourth-order valence-electron chi connectivity index (χ4n) is 3.58. The highest BCUT2D eigenvalue weighted by atomic mass is 35.5. The number of carbonyl (C=O) groups is 1. The number of aryl methyl sites for hydroxylation is 1. The third-order valence-electron chi connectivity index (χ3n) is 5.20. The van der Waals surface area contributed by atoms with Crippen LogP contribution in [-0.2, 0) is 0 Å². The van der Waals surface area contributed by atoms with Crippen LogP contribution in [0.3, 0.4) is 0 Å². The van der Waals surface area contributed by atoms with E-state index in [-0.39, 0.29) is 29.5 Å². The van der Waals surface area contributed by atoms with Crippen LogP contribution in [-0.4, -0.2) is 51.7 Å². The molecule has 0 atom stereocenters. The van der Waals surface area contributed by atoms with Crippen LogP contribution in [0.2, 0.25) is 0 Å². The van der Waals surface area contributed by atoms with Crippen molar-refractivity contribution in [3.05, 3.63) is 62.1 Å². The number of rotatable bonds is 6. The van der Waals surface area contributed by atoms with Gasteiger partial charge in [0.1, 0.15) is 5.69 Å². The topological polar surface area (TPSA) is 110 Å². The number of benzene rings is 1. The van der Waals surface area contributed by atoms with Gasteiger partial charge in [0.15, 0.2) is 5.69 Å². The van der Waals surface area contributed by atoms with Crippen molar-refractivity contribution in [2.75, 3.05) is 26.2 Å². The number of nitrogens with one attached hydrogen (secondary N) is 1. The van der Waals surface area contributed by atoms with Gasteiger partial charge in [0, 0.05) is 30.9 Å². The number of nitrogens with zero attached hydrogens (tertiary/aromatic N) is 4. The molecule has 1 amide bonds. The monoisotopic (exact) mass is 435 g/mol. The van der Waals surface area contributed by atoms with Gasteiger partial charge in [-0.1, -0.05) is 19.1 Å². The molecule has 0 radical (unpaired) electrons. The molecule has 1 aliphatic heterocycles. The van der Waals surface area contributed by atoms with E-state index < -0.39 is 16.3 Å². The van der Waals surface area contributed by atoms with Crippen LogP contribution in [0.5, 0.6) is 0 Å². The number of hydrogen-bond donors (Lipinski definition) is 1. The van der Waals surface area contributed by atoms with Crippen LogP contribution in [0.4, 0.5) is 5.69 Å². The summed E-state index contributed by atoms with van der Waals surface area (Å²) in [4.78, 5) is 37.9. The van der Waals surface area contributed by atoms with E-state index in [2.05, 4.69) is 17.3 Å². The molecule has 10 heteroatoms. The first-order chi connectivity index (χ1) is 13.9. The number of nitro groups is 1. The molecular weight excluding hydrogens is 410 g/mol. The second-order valence-corrected chi connectivity index (χ2v) is 7.20. The highest BCUT2D eigenvalue weighted by Crippen LogP contribution is 2.23. The van der Waals surface area contributed by atoms with Crippen molar-refractivity contribution in [1.82, 2.24) is 20.0 Å². The Morgan fingerprint density at radius 1 is 1.30 bits per heavy atom. The molecule has 0 unspecified atom stereocenters.